The Labute approximate surface area is 190 Å². The number of Topliss-reactive ketones (excluding diaryl/α,β-unsaturated/α-hetero) is 1. The number of hydrogen-bond acceptors (Lipinski definition) is 6. The summed E-state index contributed by atoms with van der Waals surface area (Å²) in [5, 5.41) is 10.6. The van der Waals surface area contributed by atoms with E-state index >= 15 is 0 Å². The van der Waals surface area contributed by atoms with Gasteiger partial charge >= 0.3 is 0 Å². The number of hydrogen-bond donors (Lipinski definition) is 1. The largest absolute Gasteiger partial charge is 0.378 e. The number of rotatable bonds is 7. The molecule has 1 N–H and O–H groups in total. The maximum absolute atomic E-state index is 13.1. The molecule has 8 heteroatoms. The van der Waals surface area contributed by atoms with Gasteiger partial charge in [0.15, 0.2) is 10.9 Å². The molecule has 0 saturated carbocycles. The standard InChI is InChI=1S/C24H25N5O2S/c1-2-17-7-6-10-19-20(15-25-22(17)19)21(30)16-32-24-27-26-23(28-11-13-31-14-12-28)29(24)18-8-4-3-5-9-18/h3-10,15,25H,2,11-14,16H2,1H3. The fraction of sp³-hybridized carbons (Fsp3) is 0.292. The molecule has 0 bridgehead atoms. The molecule has 164 valence electrons. The van der Waals surface area contributed by atoms with E-state index in [-0.39, 0.29) is 11.5 Å². The number of aromatic nitrogens is 4. The number of fused-ring (bicyclic) bond motifs is 1. The average Bonchev–Trinajstić information content (AvgIpc) is 3.48. The van der Waals surface area contributed by atoms with E-state index in [4.69, 9.17) is 4.74 Å². The van der Waals surface area contributed by atoms with Crippen LogP contribution >= 0.6 is 11.8 Å². The van der Waals surface area contributed by atoms with Gasteiger partial charge in [-0.15, -0.1) is 10.2 Å². The Morgan fingerprint density at radius 2 is 1.91 bits per heavy atom. The van der Waals surface area contributed by atoms with Gasteiger partial charge in [0.2, 0.25) is 5.95 Å². The zero-order valence-electron chi connectivity index (χ0n) is 18.0. The molecule has 2 aromatic carbocycles. The van der Waals surface area contributed by atoms with Crippen LogP contribution in [0.5, 0.6) is 0 Å². The van der Waals surface area contributed by atoms with Crippen LogP contribution < -0.4 is 4.90 Å². The van der Waals surface area contributed by atoms with E-state index in [1.165, 1.54) is 17.3 Å². The van der Waals surface area contributed by atoms with Crippen LogP contribution in [0.1, 0.15) is 22.8 Å². The first-order valence-electron chi connectivity index (χ1n) is 10.8. The lowest BCUT2D eigenvalue weighted by Gasteiger charge is -2.27. The zero-order valence-corrected chi connectivity index (χ0v) is 18.8. The fourth-order valence-corrected chi connectivity index (χ4v) is 4.91. The van der Waals surface area contributed by atoms with Crippen LogP contribution in [0.4, 0.5) is 5.95 Å². The maximum Gasteiger partial charge on any atom is 0.232 e. The normalized spacial score (nSPS) is 14.2. The molecule has 7 nitrogen and oxygen atoms in total. The molecule has 5 rings (SSSR count). The van der Waals surface area contributed by atoms with Gasteiger partial charge in [0.25, 0.3) is 0 Å². The maximum atomic E-state index is 13.1. The average molecular weight is 448 g/mol. The second-order valence-electron chi connectivity index (χ2n) is 7.66. The van der Waals surface area contributed by atoms with E-state index in [1.54, 1.807) is 0 Å². The Bertz CT molecular complexity index is 1230. The third-order valence-corrected chi connectivity index (χ3v) is 6.67. The van der Waals surface area contributed by atoms with Crippen LogP contribution in [0.2, 0.25) is 0 Å². The van der Waals surface area contributed by atoms with Crippen LogP contribution in [-0.2, 0) is 11.2 Å². The van der Waals surface area contributed by atoms with E-state index in [1.807, 2.05) is 53.2 Å². The van der Waals surface area contributed by atoms with E-state index in [0.29, 0.717) is 18.4 Å². The minimum atomic E-state index is 0.0741. The Morgan fingerprint density at radius 3 is 2.69 bits per heavy atom. The van der Waals surface area contributed by atoms with Gasteiger partial charge in [-0.1, -0.05) is 55.1 Å². The highest BCUT2D eigenvalue weighted by Crippen LogP contribution is 2.29. The summed E-state index contributed by atoms with van der Waals surface area (Å²) in [7, 11) is 0. The molecule has 0 atom stereocenters. The van der Waals surface area contributed by atoms with Crippen LogP contribution in [0.3, 0.4) is 0 Å². The molecule has 1 fully saturated rings. The Hall–Kier alpha value is -3.10. The van der Waals surface area contributed by atoms with E-state index in [9.17, 15) is 4.79 Å². The number of H-pyrrole nitrogens is 1. The van der Waals surface area contributed by atoms with Gasteiger partial charge in [-0.25, -0.2) is 0 Å². The van der Waals surface area contributed by atoms with Gasteiger partial charge in [-0.3, -0.25) is 9.36 Å². The molecule has 4 aromatic rings. The smallest absolute Gasteiger partial charge is 0.232 e. The van der Waals surface area contributed by atoms with Crippen LogP contribution in [0, 0.1) is 0 Å². The third-order valence-electron chi connectivity index (χ3n) is 5.74. The molecular formula is C24H25N5O2S. The van der Waals surface area contributed by atoms with Gasteiger partial charge in [-0.05, 0) is 24.1 Å². The Balaban J connectivity index is 1.42. The predicted octanol–water partition coefficient (Wildman–Crippen LogP) is 4.12. The quantitative estimate of drug-likeness (QED) is 0.339. The summed E-state index contributed by atoms with van der Waals surface area (Å²) in [6.45, 7) is 4.99. The monoisotopic (exact) mass is 447 g/mol. The number of nitrogens with zero attached hydrogens (tertiary/aromatic N) is 4. The molecule has 32 heavy (non-hydrogen) atoms. The Kier molecular flexibility index (Phi) is 5.96. The van der Waals surface area contributed by atoms with Crippen molar-refractivity contribution in [1.29, 1.82) is 0 Å². The highest BCUT2D eigenvalue weighted by atomic mass is 32.2. The molecule has 1 saturated heterocycles. The number of aryl methyl sites for hydroxylation is 1. The van der Waals surface area contributed by atoms with Crippen molar-refractivity contribution < 1.29 is 9.53 Å². The summed E-state index contributed by atoms with van der Waals surface area (Å²) < 4.78 is 7.53. The summed E-state index contributed by atoms with van der Waals surface area (Å²) in [6.07, 6.45) is 2.75. The van der Waals surface area contributed by atoms with Crippen molar-refractivity contribution in [3.8, 4) is 5.69 Å². The minimum Gasteiger partial charge on any atom is -0.378 e. The molecule has 1 aliphatic rings. The van der Waals surface area contributed by atoms with Crippen LogP contribution in [0.15, 0.2) is 59.9 Å². The molecule has 0 aliphatic carbocycles. The first-order chi connectivity index (χ1) is 15.8. The zero-order chi connectivity index (χ0) is 21.9. The lowest BCUT2D eigenvalue weighted by molar-refractivity contribution is 0.102. The molecule has 2 aromatic heterocycles. The van der Waals surface area contributed by atoms with E-state index in [0.717, 1.165) is 47.6 Å². The topological polar surface area (TPSA) is 76.0 Å². The summed E-state index contributed by atoms with van der Waals surface area (Å²) in [4.78, 5) is 18.6. The number of morpholine rings is 1. The number of ether oxygens (including phenoxy) is 1. The second kappa shape index (κ2) is 9.18. The summed E-state index contributed by atoms with van der Waals surface area (Å²) in [6, 6.07) is 16.2. The molecule has 0 unspecified atom stereocenters. The minimum absolute atomic E-state index is 0.0741. The number of nitrogens with one attached hydrogen (secondary N) is 1. The van der Waals surface area contributed by atoms with Crippen LogP contribution in [-0.4, -0.2) is 57.6 Å². The Morgan fingerprint density at radius 1 is 1.09 bits per heavy atom. The van der Waals surface area contributed by atoms with E-state index in [2.05, 4.69) is 33.1 Å². The highest BCUT2D eigenvalue weighted by Gasteiger charge is 2.23. The number of anilines is 1. The summed E-state index contributed by atoms with van der Waals surface area (Å²) in [5.74, 6) is 1.15. The van der Waals surface area contributed by atoms with E-state index < -0.39 is 0 Å². The fourth-order valence-electron chi connectivity index (χ4n) is 4.08. The molecule has 3 heterocycles. The van der Waals surface area contributed by atoms with Gasteiger partial charge < -0.3 is 14.6 Å². The molecule has 0 amide bonds. The number of thioether (sulfide) groups is 1. The van der Waals surface area contributed by atoms with Crippen molar-refractivity contribution >= 4 is 34.4 Å². The highest BCUT2D eigenvalue weighted by molar-refractivity contribution is 7.99. The molecule has 1 aliphatic heterocycles. The predicted molar refractivity (Wildman–Crippen MR) is 127 cm³/mol. The lowest BCUT2D eigenvalue weighted by atomic mass is 10.1. The van der Waals surface area contributed by atoms with Gasteiger partial charge in [-0.2, -0.15) is 0 Å². The van der Waals surface area contributed by atoms with Gasteiger partial charge in [0.05, 0.1) is 24.7 Å². The lowest BCUT2D eigenvalue weighted by Crippen LogP contribution is -2.37. The van der Waals surface area contributed by atoms with Gasteiger partial charge in [0.1, 0.15) is 0 Å². The number of para-hydroxylation sites is 2. The number of carbonyl (C=O) groups is 1. The van der Waals surface area contributed by atoms with Crippen molar-refractivity contribution in [3.05, 3.63) is 65.9 Å². The number of aromatic amines is 1. The SMILES string of the molecule is CCc1cccc2c(C(=O)CSc3nnc(N4CCOCC4)n3-c3ccccc3)c[nH]c12. The van der Waals surface area contributed by atoms with Crippen LogP contribution in [0.25, 0.3) is 16.6 Å². The van der Waals surface area contributed by atoms with Crippen molar-refractivity contribution in [1.82, 2.24) is 19.7 Å². The number of ketones is 1. The molecular weight excluding hydrogens is 422 g/mol. The van der Waals surface area contributed by atoms with Crippen molar-refractivity contribution in [2.45, 2.75) is 18.5 Å². The number of carbonyl (C=O) groups excluding carboxylic acids is 1. The first kappa shape index (κ1) is 20.8. The summed E-state index contributed by atoms with van der Waals surface area (Å²) in [5.41, 5.74) is 3.97. The van der Waals surface area contributed by atoms with Crippen molar-refractivity contribution in [2.75, 3.05) is 37.0 Å². The molecule has 0 spiro atoms. The summed E-state index contributed by atoms with van der Waals surface area (Å²) >= 11 is 1.42. The number of benzene rings is 2. The van der Waals surface area contributed by atoms with Crippen molar-refractivity contribution in [3.63, 3.8) is 0 Å². The first-order valence-corrected chi connectivity index (χ1v) is 11.8. The van der Waals surface area contributed by atoms with Crippen molar-refractivity contribution in [2.24, 2.45) is 0 Å². The van der Waals surface area contributed by atoms with Gasteiger partial charge in [0, 0.05) is 35.8 Å². The third kappa shape index (κ3) is 3.91. The molecule has 0 radical (unpaired) electrons. The second-order valence-corrected chi connectivity index (χ2v) is 8.60.